The summed E-state index contributed by atoms with van der Waals surface area (Å²) in [5.41, 5.74) is 0.00836. The predicted octanol–water partition coefficient (Wildman–Crippen LogP) is 5.36. The minimum atomic E-state index is -4.49. The third-order valence-corrected chi connectivity index (χ3v) is 7.49. The van der Waals surface area contributed by atoms with Gasteiger partial charge in [0.1, 0.15) is 16.4 Å². The molecule has 0 unspecified atom stereocenters. The molecule has 2 N–H and O–H groups in total. The van der Waals surface area contributed by atoms with E-state index in [9.17, 15) is 18.1 Å². The molecule has 1 fully saturated rings. The van der Waals surface area contributed by atoms with E-state index in [0.717, 1.165) is 22.4 Å². The minimum absolute atomic E-state index is 0.224. The van der Waals surface area contributed by atoms with Gasteiger partial charge in [-0.3, -0.25) is 9.45 Å². The summed E-state index contributed by atoms with van der Waals surface area (Å²) in [4.78, 5) is 2.00. The monoisotopic (exact) mass is 489 g/mol. The number of nitrogens with zero attached hydrogens (tertiary/aromatic N) is 1. The number of hydrogen-bond donors (Lipinski definition) is 2. The molecule has 0 atom stereocenters. The first-order valence-electron chi connectivity index (χ1n) is 11.6. The molecule has 0 spiro atoms. The van der Waals surface area contributed by atoms with E-state index < -0.39 is 15.7 Å². The van der Waals surface area contributed by atoms with Crippen molar-refractivity contribution >= 4 is 20.9 Å². The molecule has 1 aliphatic heterocycles. The van der Waals surface area contributed by atoms with E-state index in [1.807, 2.05) is 72.8 Å². The van der Waals surface area contributed by atoms with Crippen molar-refractivity contribution < 1.29 is 22.8 Å². The summed E-state index contributed by atoms with van der Waals surface area (Å²) >= 11 is 0. The number of para-hydroxylation sites is 1. The number of rotatable bonds is 6. The van der Waals surface area contributed by atoms with Crippen LogP contribution < -0.4 is 4.74 Å². The van der Waals surface area contributed by atoms with Gasteiger partial charge in [-0.25, -0.2) is 0 Å². The highest BCUT2D eigenvalue weighted by atomic mass is 32.2. The molecule has 4 aromatic carbocycles. The van der Waals surface area contributed by atoms with Crippen molar-refractivity contribution in [2.24, 2.45) is 0 Å². The highest BCUT2D eigenvalue weighted by molar-refractivity contribution is 7.85. The van der Waals surface area contributed by atoms with Crippen molar-refractivity contribution in [3.8, 4) is 11.5 Å². The van der Waals surface area contributed by atoms with Crippen LogP contribution in [0.3, 0.4) is 0 Å². The summed E-state index contributed by atoms with van der Waals surface area (Å²) < 4.78 is 40.2. The maximum absolute atomic E-state index is 12.2. The van der Waals surface area contributed by atoms with E-state index >= 15 is 0 Å². The average Bonchev–Trinajstić information content (AvgIpc) is 2.85. The maximum atomic E-state index is 12.2. The van der Waals surface area contributed by atoms with Crippen molar-refractivity contribution in [3.05, 3.63) is 102 Å². The molecular formula is C28H27NO5S. The summed E-state index contributed by atoms with van der Waals surface area (Å²) in [7, 11) is -4.49. The second kappa shape index (κ2) is 9.43. The standard InChI is InChI=1S/C28H27NO5S/c30-28(26-18-22-8-4-5-9-23(22)19-27(26)35(31,32)33)13-15-29(16-14-28)20-21-7-6-12-25(17-21)34-24-10-2-1-3-11-24/h1-12,17-19,30H,13-16,20H2,(H,31,32,33). The number of likely N-dealkylation sites (tertiary alicyclic amines) is 1. The lowest BCUT2D eigenvalue weighted by Crippen LogP contribution is -2.42. The summed E-state index contributed by atoms with van der Waals surface area (Å²) in [6.07, 6.45) is 0.710. The third kappa shape index (κ3) is 5.23. The van der Waals surface area contributed by atoms with Crippen LogP contribution in [0.5, 0.6) is 11.5 Å². The summed E-state index contributed by atoms with van der Waals surface area (Å²) in [5.74, 6) is 1.54. The van der Waals surface area contributed by atoms with Crippen LogP contribution in [0.1, 0.15) is 24.0 Å². The molecule has 0 aromatic heterocycles. The number of benzene rings is 4. The van der Waals surface area contributed by atoms with Crippen molar-refractivity contribution in [1.82, 2.24) is 4.90 Å². The van der Waals surface area contributed by atoms with E-state index in [4.69, 9.17) is 4.74 Å². The van der Waals surface area contributed by atoms with Crippen molar-refractivity contribution in [1.29, 1.82) is 0 Å². The second-order valence-electron chi connectivity index (χ2n) is 9.04. The fraction of sp³-hybridized carbons (Fsp3) is 0.214. The van der Waals surface area contributed by atoms with Crippen LogP contribution in [0.4, 0.5) is 0 Å². The van der Waals surface area contributed by atoms with Crippen LogP contribution in [-0.2, 0) is 22.3 Å². The smallest absolute Gasteiger partial charge is 0.294 e. The summed E-state index contributed by atoms with van der Waals surface area (Å²) in [6, 6.07) is 28.0. The van der Waals surface area contributed by atoms with Gasteiger partial charge in [-0.05, 0) is 65.6 Å². The van der Waals surface area contributed by atoms with Crippen LogP contribution in [0.2, 0.25) is 0 Å². The molecule has 1 aliphatic rings. The minimum Gasteiger partial charge on any atom is -0.457 e. The number of fused-ring (bicyclic) bond motifs is 1. The molecule has 6 nitrogen and oxygen atoms in total. The Kier molecular flexibility index (Phi) is 6.34. The average molecular weight is 490 g/mol. The quantitative estimate of drug-likeness (QED) is 0.355. The molecule has 7 heteroatoms. The SMILES string of the molecule is O=S(=O)(O)c1cc2ccccc2cc1C1(O)CCN(Cc2cccc(Oc3ccccc3)c2)CC1. The molecule has 4 aromatic rings. The van der Waals surface area contributed by atoms with Crippen molar-refractivity contribution in [2.75, 3.05) is 13.1 Å². The van der Waals surface area contributed by atoms with Gasteiger partial charge in [0.2, 0.25) is 0 Å². The molecule has 1 heterocycles. The summed E-state index contributed by atoms with van der Waals surface area (Å²) in [5, 5.41) is 13.0. The molecule has 0 amide bonds. The van der Waals surface area contributed by atoms with Crippen LogP contribution in [0, 0.1) is 0 Å². The predicted molar refractivity (Wildman–Crippen MR) is 135 cm³/mol. The Bertz CT molecular complexity index is 1440. The normalized spacial score (nSPS) is 16.3. The maximum Gasteiger partial charge on any atom is 0.294 e. The molecular weight excluding hydrogens is 462 g/mol. The number of ether oxygens (including phenoxy) is 1. The van der Waals surface area contributed by atoms with Gasteiger partial charge in [0, 0.05) is 25.2 Å². The summed E-state index contributed by atoms with van der Waals surface area (Å²) in [6.45, 7) is 1.85. The topological polar surface area (TPSA) is 87.1 Å². The van der Waals surface area contributed by atoms with Crippen molar-refractivity contribution in [2.45, 2.75) is 29.9 Å². The van der Waals surface area contributed by atoms with E-state index in [0.29, 0.717) is 37.9 Å². The Morgan fingerprint density at radius 2 is 1.43 bits per heavy atom. The molecule has 0 aliphatic carbocycles. The van der Waals surface area contributed by atoms with Crippen LogP contribution in [0.25, 0.3) is 10.8 Å². The zero-order chi connectivity index (χ0) is 24.5. The molecule has 0 bridgehead atoms. The van der Waals surface area contributed by atoms with Crippen molar-refractivity contribution in [3.63, 3.8) is 0 Å². The largest absolute Gasteiger partial charge is 0.457 e. The molecule has 0 saturated carbocycles. The first-order valence-corrected chi connectivity index (χ1v) is 13.0. The van der Waals surface area contributed by atoms with Gasteiger partial charge in [-0.15, -0.1) is 0 Å². The number of aliphatic hydroxyl groups is 1. The Labute approximate surface area is 205 Å². The Hall–Kier alpha value is -3.23. The fourth-order valence-electron chi connectivity index (χ4n) is 4.74. The highest BCUT2D eigenvalue weighted by Gasteiger charge is 2.38. The first-order chi connectivity index (χ1) is 16.8. The van der Waals surface area contributed by atoms with Gasteiger partial charge in [-0.2, -0.15) is 8.42 Å². The Morgan fingerprint density at radius 1 is 0.800 bits per heavy atom. The molecule has 35 heavy (non-hydrogen) atoms. The van der Waals surface area contributed by atoms with E-state index in [1.165, 1.54) is 6.07 Å². The third-order valence-electron chi connectivity index (χ3n) is 6.59. The lowest BCUT2D eigenvalue weighted by Gasteiger charge is -2.39. The molecule has 0 radical (unpaired) electrons. The fourth-order valence-corrected chi connectivity index (χ4v) is 5.54. The first kappa shape index (κ1) is 23.5. The van der Waals surface area contributed by atoms with Gasteiger partial charge < -0.3 is 9.84 Å². The van der Waals surface area contributed by atoms with E-state index in [1.54, 1.807) is 12.1 Å². The van der Waals surface area contributed by atoms with E-state index in [-0.39, 0.29) is 10.5 Å². The number of piperidine rings is 1. The van der Waals surface area contributed by atoms with Crippen LogP contribution >= 0.6 is 0 Å². The number of hydrogen-bond acceptors (Lipinski definition) is 5. The lowest BCUT2D eigenvalue weighted by atomic mass is 9.83. The Balaban J connectivity index is 1.32. The lowest BCUT2D eigenvalue weighted by molar-refractivity contribution is -0.0298. The van der Waals surface area contributed by atoms with E-state index in [2.05, 4.69) is 4.90 Å². The Morgan fingerprint density at radius 3 is 2.11 bits per heavy atom. The molecule has 5 rings (SSSR count). The van der Waals surface area contributed by atoms with Gasteiger partial charge in [0.25, 0.3) is 10.1 Å². The zero-order valence-electron chi connectivity index (χ0n) is 19.2. The second-order valence-corrected chi connectivity index (χ2v) is 10.4. The van der Waals surface area contributed by atoms with Gasteiger partial charge >= 0.3 is 0 Å². The van der Waals surface area contributed by atoms with Crippen LogP contribution in [-0.4, -0.2) is 36.1 Å². The van der Waals surface area contributed by atoms with Gasteiger partial charge in [0.05, 0.1) is 5.60 Å². The highest BCUT2D eigenvalue weighted by Crippen LogP contribution is 2.39. The molecule has 1 saturated heterocycles. The molecule has 180 valence electrons. The zero-order valence-corrected chi connectivity index (χ0v) is 20.0. The van der Waals surface area contributed by atoms with Gasteiger partial charge in [-0.1, -0.05) is 54.6 Å². The van der Waals surface area contributed by atoms with Gasteiger partial charge in [0.15, 0.2) is 0 Å². The van der Waals surface area contributed by atoms with Crippen LogP contribution in [0.15, 0.2) is 95.9 Å².